The molecule has 0 aliphatic rings. The summed E-state index contributed by atoms with van der Waals surface area (Å²) in [4.78, 5) is 18.2. The standard InChI is InChI=1S/2C6H5.2C2H3ClO2.Sn/c2*1-2-4-6-5-3-1;2*3-1-2(4)5;/h2*1-5H;2*1H2,(H,4,5);/q;;;;+2/p-2. The number of rotatable bonds is 2. The minimum atomic E-state index is -1.23. The Kier molecular flexibility index (Phi) is 26.7. The number of aliphatic carboxylic acids is 2. The van der Waals surface area contributed by atoms with Crippen LogP contribution in [0, 0.1) is 12.1 Å². The molecule has 120 valence electrons. The van der Waals surface area contributed by atoms with Gasteiger partial charge in [0.05, 0.1) is 23.7 Å². The van der Waals surface area contributed by atoms with Gasteiger partial charge in [-0.05, 0) is 12.1 Å². The molecule has 0 aliphatic carbocycles. The Morgan fingerprint density at radius 2 is 0.913 bits per heavy atom. The fourth-order valence-electron chi connectivity index (χ4n) is 0.684. The fourth-order valence-corrected chi connectivity index (χ4v) is 0.684. The van der Waals surface area contributed by atoms with Crippen LogP contribution in [0.15, 0.2) is 60.7 Å². The molecule has 0 fully saturated rings. The van der Waals surface area contributed by atoms with Gasteiger partial charge in [-0.15, -0.1) is 23.2 Å². The first kappa shape index (κ1) is 26.6. The van der Waals surface area contributed by atoms with Crippen LogP contribution in [0.5, 0.6) is 0 Å². The maximum atomic E-state index is 9.12. The smallest absolute Gasteiger partial charge is 0.549 e. The summed E-state index contributed by atoms with van der Waals surface area (Å²) in [5.74, 6) is -3.29. The van der Waals surface area contributed by atoms with Gasteiger partial charge in [0.25, 0.3) is 0 Å². The second-order valence-corrected chi connectivity index (χ2v) is 3.70. The molecule has 2 rings (SSSR count). The number of carboxylic acids is 2. The third kappa shape index (κ3) is 33.5. The van der Waals surface area contributed by atoms with E-state index in [0.29, 0.717) is 0 Å². The van der Waals surface area contributed by atoms with Gasteiger partial charge in [0.2, 0.25) is 0 Å². The first-order chi connectivity index (χ1) is 10.5. The summed E-state index contributed by atoms with van der Waals surface area (Å²) in [5, 5.41) is 18.2. The average molecular weight is 460 g/mol. The second kappa shape index (κ2) is 23.0. The van der Waals surface area contributed by atoms with Gasteiger partial charge < -0.3 is 19.8 Å². The summed E-state index contributed by atoms with van der Waals surface area (Å²) >= 11 is 9.35. The molecular weight excluding hydrogens is 446 g/mol. The summed E-state index contributed by atoms with van der Waals surface area (Å²) in [6.45, 7) is 0. The van der Waals surface area contributed by atoms with Crippen molar-refractivity contribution < 1.29 is 19.8 Å². The molecule has 0 N–H and O–H groups in total. The van der Waals surface area contributed by atoms with Gasteiger partial charge >= 0.3 is 23.9 Å². The number of carbonyl (C=O) groups is 2. The van der Waals surface area contributed by atoms with Crippen molar-refractivity contribution in [2.45, 2.75) is 0 Å². The van der Waals surface area contributed by atoms with Gasteiger partial charge in [-0.2, -0.15) is 0 Å². The first-order valence-electron chi connectivity index (χ1n) is 5.88. The molecular formula is C16H14Cl2O4Sn. The minimum Gasteiger partial charge on any atom is -0.549 e. The van der Waals surface area contributed by atoms with Crippen molar-refractivity contribution in [3.63, 3.8) is 0 Å². The van der Waals surface area contributed by atoms with Crippen LogP contribution in [0.1, 0.15) is 0 Å². The maximum Gasteiger partial charge on any atom is 2.00 e. The predicted octanol–water partition coefficient (Wildman–Crippen LogP) is 0.543. The van der Waals surface area contributed by atoms with E-state index in [0.717, 1.165) is 0 Å². The SMILES string of the molecule is O=C([O-])CCl.O=C([O-])CCl.[Sn+2].[c]1ccccc1.[c]1ccccc1. The largest absolute Gasteiger partial charge is 2.00 e. The molecule has 0 amide bonds. The van der Waals surface area contributed by atoms with E-state index in [1.165, 1.54) is 0 Å². The Balaban J connectivity index is -0.000000230. The predicted molar refractivity (Wildman–Crippen MR) is 87.8 cm³/mol. The van der Waals surface area contributed by atoms with Gasteiger partial charge in [-0.3, -0.25) is 0 Å². The molecule has 0 atom stereocenters. The molecule has 4 nitrogen and oxygen atoms in total. The van der Waals surface area contributed by atoms with Gasteiger partial charge in [0, 0.05) is 0 Å². The number of carboxylic acid groups (broad SMARTS) is 2. The summed E-state index contributed by atoms with van der Waals surface area (Å²) < 4.78 is 0. The molecule has 7 heteroatoms. The van der Waals surface area contributed by atoms with Crippen LogP contribution < -0.4 is 10.2 Å². The number of carbonyl (C=O) groups excluding carboxylic acids is 2. The van der Waals surface area contributed by atoms with E-state index < -0.39 is 23.7 Å². The Hall–Kier alpha value is -1.24. The van der Waals surface area contributed by atoms with E-state index in [1.807, 2.05) is 60.7 Å². The minimum absolute atomic E-state index is 0. The third-order valence-electron chi connectivity index (χ3n) is 1.43. The molecule has 2 aromatic rings. The van der Waals surface area contributed by atoms with E-state index in [1.54, 1.807) is 0 Å². The van der Waals surface area contributed by atoms with Crippen LogP contribution in [0.3, 0.4) is 0 Å². The monoisotopic (exact) mass is 460 g/mol. The summed E-state index contributed by atoms with van der Waals surface area (Å²) in [5.41, 5.74) is 0. The number of alkyl halides is 2. The third-order valence-corrected chi connectivity index (χ3v) is 1.87. The normalized spacial score (nSPS) is 7.39. The van der Waals surface area contributed by atoms with Gasteiger partial charge in [0.1, 0.15) is 0 Å². The van der Waals surface area contributed by atoms with Crippen LogP contribution in [0.25, 0.3) is 0 Å². The quantitative estimate of drug-likeness (QED) is 0.485. The van der Waals surface area contributed by atoms with E-state index in [-0.39, 0.29) is 23.9 Å². The van der Waals surface area contributed by atoms with E-state index in [2.05, 4.69) is 35.3 Å². The zero-order valence-electron chi connectivity index (χ0n) is 12.1. The summed E-state index contributed by atoms with van der Waals surface area (Å²) in [6.07, 6.45) is 0. The maximum absolute atomic E-state index is 9.12. The van der Waals surface area contributed by atoms with E-state index in [4.69, 9.17) is 19.8 Å². The Morgan fingerprint density at radius 3 is 0.957 bits per heavy atom. The molecule has 0 saturated carbocycles. The van der Waals surface area contributed by atoms with E-state index in [9.17, 15) is 0 Å². The fraction of sp³-hybridized carbons (Fsp3) is 0.125. The second-order valence-electron chi connectivity index (χ2n) is 3.17. The molecule has 0 bridgehead atoms. The van der Waals surface area contributed by atoms with Gasteiger partial charge in [-0.25, -0.2) is 0 Å². The van der Waals surface area contributed by atoms with Crippen molar-refractivity contribution in [2.75, 3.05) is 11.8 Å². The zero-order valence-corrected chi connectivity index (χ0v) is 16.4. The number of hydrogen-bond acceptors (Lipinski definition) is 4. The van der Waals surface area contributed by atoms with Crippen molar-refractivity contribution >= 4 is 59.0 Å². The van der Waals surface area contributed by atoms with Gasteiger partial charge in [0.15, 0.2) is 0 Å². The van der Waals surface area contributed by atoms with Crippen LogP contribution in [0.2, 0.25) is 0 Å². The molecule has 23 heavy (non-hydrogen) atoms. The van der Waals surface area contributed by atoms with Crippen molar-refractivity contribution in [3.05, 3.63) is 72.8 Å². The van der Waals surface area contributed by atoms with Crippen LogP contribution in [-0.2, 0) is 9.59 Å². The van der Waals surface area contributed by atoms with E-state index >= 15 is 0 Å². The number of benzene rings is 2. The van der Waals surface area contributed by atoms with Crippen LogP contribution in [0.4, 0.5) is 0 Å². The molecule has 0 aliphatic heterocycles. The van der Waals surface area contributed by atoms with Crippen molar-refractivity contribution in [3.8, 4) is 0 Å². The molecule has 0 saturated heterocycles. The molecule has 0 heterocycles. The number of hydrogen-bond donors (Lipinski definition) is 0. The Bertz CT molecular complexity index is 371. The molecule has 0 unspecified atom stereocenters. The summed E-state index contributed by atoms with van der Waals surface area (Å²) in [6, 6.07) is 25.0. The average Bonchev–Trinajstić information content (AvgIpc) is 2.59. The molecule has 0 aromatic heterocycles. The topological polar surface area (TPSA) is 80.3 Å². The molecule has 4 radical (unpaired) electrons. The zero-order chi connectivity index (χ0) is 17.1. The van der Waals surface area contributed by atoms with Crippen LogP contribution >= 0.6 is 23.2 Å². The molecule has 0 spiro atoms. The molecule has 2 aromatic carbocycles. The van der Waals surface area contributed by atoms with Crippen molar-refractivity contribution in [2.24, 2.45) is 0 Å². The first-order valence-corrected chi connectivity index (χ1v) is 6.95. The van der Waals surface area contributed by atoms with Crippen molar-refractivity contribution in [1.82, 2.24) is 0 Å². The Labute approximate surface area is 163 Å². The van der Waals surface area contributed by atoms with Crippen molar-refractivity contribution in [1.29, 1.82) is 0 Å². The van der Waals surface area contributed by atoms with Crippen LogP contribution in [-0.4, -0.2) is 47.6 Å². The number of halogens is 2. The van der Waals surface area contributed by atoms with Gasteiger partial charge in [-0.1, -0.05) is 60.7 Å². The Morgan fingerprint density at radius 1 is 0.696 bits per heavy atom. The summed E-state index contributed by atoms with van der Waals surface area (Å²) in [7, 11) is 0.